The minimum Gasteiger partial charge on any atom is -0.343 e. The molecule has 15 heavy (non-hydrogen) atoms. The van der Waals surface area contributed by atoms with Crippen LogP contribution in [0.4, 0.5) is 0 Å². The van der Waals surface area contributed by atoms with Crippen molar-refractivity contribution in [3.8, 4) is 0 Å². The van der Waals surface area contributed by atoms with Gasteiger partial charge in [-0.25, -0.2) is 0 Å². The number of halogens is 1. The summed E-state index contributed by atoms with van der Waals surface area (Å²) in [5.41, 5.74) is 0. The van der Waals surface area contributed by atoms with Gasteiger partial charge in [0.2, 0.25) is 5.91 Å². The number of hydrogen-bond donors (Lipinski definition) is 0. The molecule has 0 aromatic heterocycles. The van der Waals surface area contributed by atoms with Gasteiger partial charge in [-0.1, -0.05) is 29.3 Å². The van der Waals surface area contributed by atoms with Crippen LogP contribution in [0.1, 0.15) is 45.4 Å². The predicted octanol–water partition coefficient (Wildman–Crippen LogP) is 3.20. The van der Waals surface area contributed by atoms with E-state index in [4.69, 9.17) is 0 Å². The van der Waals surface area contributed by atoms with Crippen LogP contribution < -0.4 is 0 Å². The lowest BCUT2D eigenvalue weighted by molar-refractivity contribution is -0.130. The third-order valence-corrected chi connectivity index (χ3v) is 3.72. The molecule has 0 radical (unpaired) electrons. The molecule has 2 nitrogen and oxygen atoms in total. The topological polar surface area (TPSA) is 20.3 Å². The summed E-state index contributed by atoms with van der Waals surface area (Å²) < 4.78 is 0. The molecule has 0 N–H and O–H groups in total. The average Bonchev–Trinajstić information content (AvgIpc) is 2.38. The van der Waals surface area contributed by atoms with E-state index in [0.29, 0.717) is 5.91 Å². The van der Waals surface area contributed by atoms with Crippen molar-refractivity contribution in [2.75, 3.05) is 18.4 Å². The van der Waals surface area contributed by atoms with Gasteiger partial charge in [0.05, 0.1) is 0 Å². The molecule has 1 unspecified atom stereocenters. The van der Waals surface area contributed by atoms with Crippen LogP contribution in [-0.2, 0) is 4.79 Å². The summed E-state index contributed by atoms with van der Waals surface area (Å²) in [4.78, 5) is 13.8. The predicted molar refractivity (Wildman–Crippen MR) is 67.2 cm³/mol. The van der Waals surface area contributed by atoms with Gasteiger partial charge < -0.3 is 4.90 Å². The number of amides is 1. The molecule has 0 spiro atoms. The monoisotopic (exact) mass is 275 g/mol. The van der Waals surface area contributed by atoms with Crippen molar-refractivity contribution < 1.29 is 4.79 Å². The molecule has 1 heterocycles. The van der Waals surface area contributed by atoms with E-state index in [9.17, 15) is 4.79 Å². The largest absolute Gasteiger partial charge is 0.343 e. The fourth-order valence-electron chi connectivity index (χ4n) is 1.98. The molecule has 0 bridgehead atoms. The maximum atomic E-state index is 11.7. The summed E-state index contributed by atoms with van der Waals surface area (Å²) in [6.07, 6.45) is 6.63. The molecule has 0 aliphatic carbocycles. The Kier molecular flexibility index (Phi) is 6.30. The summed E-state index contributed by atoms with van der Waals surface area (Å²) in [6, 6.07) is 0. The first-order valence-corrected chi connectivity index (χ1v) is 7.20. The molecule has 3 heteroatoms. The molecule has 1 amide bonds. The Morgan fingerprint density at radius 1 is 1.33 bits per heavy atom. The summed E-state index contributed by atoms with van der Waals surface area (Å²) in [7, 11) is 0. The Hall–Kier alpha value is -0.0500. The van der Waals surface area contributed by atoms with Crippen LogP contribution in [0.2, 0.25) is 0 Å². The van der Waals surface area contributed by atoms with Crippen LogP contribution in [0.3, 0.4) is 0 Å². The zero-order valence-electron chi connectivity index (χ0n) is 9.67. The first kappa shape index (κ1) is 13.0. The van der Waals surface area contributed by atoms with Crippen LogP contribution in [0.15, 0.2) is 0 Å². The van der Waals surface area contributed by atoms with Gasteiger partial charge in [0.25, 0.3) is 0 Å². The van der Waals surface area contributed by atoms with Crippen molar-refractivity contribution in [1.29, 1.82) is 0 Å². The molecule has 1 aliphatic heterocycles. The van der Waals surface area contributed by atoms with E-state index in [-0.39, 0.29) is 0 Å². The Bertz CT molecular complexity index is 196. The number of rotatable bonds is 5. The van der Waals surface area contributed by atoms with Crippen molar-refractivity contribution >= 4 is 21.8 Å². The van der Waals surface area contributed by atoms with E-state index in [1.54, 1.807) is 0 Å². The Morgan fingerprint density at radius 3 is 2.87 bits per heavy atom. The lowest BCUT2D eigenvalue weighted by atomic mass is 10.0. The number of carbonyl (C=O) groups excluding carboxylic acids is 1. The molecule has 0 aromatic carbocycles. The van der Waals surface area contributed by atoms with Crippen LogP contribution in [0.25, 0.3) is 0 Å². The normalized spacial score (nSPS) is 22.9. The van der Waals surface area contributed by atoms with Crippen molar-refractivity contribution in [3.63, 3.8) is 0 Å². The first-order valence-electron chi connectivity index (χ1n) is 6.07. The Morgan fingerprint density at radius 2 is 2.13 bits per heavy atom. The number of alkyl halides is 1. The third-order valence-electron chi connectivity index (χ3n) is 3.16. The van der Waals surface area contributed by atoms with Gasteiger partial charge >= 0.3 is 0 Å². The first-order chi connectivity index (χ1) is 7.24. The van der Waals surface area contributed by atoms with Crippen LogP contribution in [0.5, 0.6) is 0 Å². The van der Waals surface area contributed by atoms with Gasteiger partial charge in [-0.05, 0) is 31.6 Å². The quantitative estimate of drug-likeness (QED) is 0.558. The fraction of sp³-hybridized carbons (Fsp3) is 0.917. The SMILES string of the molecule is CC1CCC(=O)N(CCCCCBr)CC1. The van der Waals surface area contributed by atoms with E-state index >= 15 is 0 Å². The maximum absolute atomic E-state index is 11.7. The highest BCUT2D eigenvalue weighted by atomic mass is 79.9. The molecular weight excluding hydrogens is 254 g/mol. The standard InChI is InChI=1S/C12H22BrNO/c1-11-5-6-12(15)14(10-7-11)9-4-2-3-8-13/h11H,2-10H2,1H3. The third kappa shape index (κ3) is 5.01. The smallest absolute Gasteiger partial charge is 0.222 e. The van der Waals surface area contributed by atoms with Gasteiger partial charge in [0.1, 0.15) is 0 Å². The number of carbonyl (C=O) groups is 1. The summed E-state index contributed by atoms with van der Waals surface area (Å²) >= 11 is 3.43. The van der Waals surface area contributed by atoms with Crippen LogP contribution in [-0.4, -0.2) is 29.2 Å². The molecule has 1 saturated heterocycles. The lowest BCUT2D eigenvalue weighted by Gasteiger charge is -2.20. The van der Waals surface area contributed by atoms with Crippen molar-refractivity contribution in [2.45, 2.75) is 45.4 Å². The second-order valence-electron chi connectivity index (χ2n) is 4.56. The minimum atomic E-state index is 0.373. The maximum Gasteiger partial charge on any atom is 0.222 e. The zero-order chi connectivity index (χ0) is 11.1. The van der Waals surface area contributed by atoms with Crippen LogP contribution in [0, 0.1) is 5.92 Å². The van der Waals surface area contributed by atoms with Crippen LogP contribution >= 0.6 is 15.9 Å². The van der Waals surface area contributed by atoms with Gasteiger partial charge in [0.15, 0.2) is 0 Å². The summed E-state index contributed by atoms with van der Waals surface area (Å²) in [5, 5.41) is 1.08. The van der Waals surface area contributed by atoms with E-state index in [0.717, 1.165) is 43.6 Å². The Balaban J connectivity index is 2.23. The second kappa shape index (κ2) is 7.26. The highest BCUT2D eigenvalue weighted by molar-refractivity contribution is 9.09. The molecule has 1 atom stereocenters. The molecule has 1 rings (SSSR count). The zero-order valence-corrected chi connectivity index (χ0v) is 11.3. The number of hydrogen-bond acceptors (Lipinski definition) is 1. The van der Waals surface area contributed by atoms with Gasteiger partial charge in [-0.3, -0.25) is 4.79 Å². The molecule has 0 saturated carbocycles. The van der Waals surface area contributed by atoms with E-state index in [2.05, 4.69) is 27.8 Å². The van der Waals surface area contributed by atoms with Gasteiger partial charge in [-0.15, -0.1) is 0 Å². The van der Waals surface area contributed by atoms with Crippen molar-refractivity contribution in [3.05, 3.63) is 0 Å². The number of nitrogens with zero attached hydrogens (tertiary/aromatic N) is 1. The second-order valence-corrected chi connectivity index (χ2v) is 5.36. The van der Waals surface area contributed by atoms with Crippen molar-refractivity contribution in [2.24, 2.45) is 5.92 Å². The Labute approximate surface area is 102 Å². The molecular formula is C12H22BrNO. The molecule has 0 aromatic rings. The fourth-order valence-corrected chi connectivity index (χ4v) is 2.38. The van der Waals surface area contributed by atoms with E-state index in [1.807, 2.05) is 0 Å². The van der Waals surface area contributed by atoms with Crippen molar-refractivity contribution in [1.82, 2.24) is 4.90 Å². The summed E-state index contributed by atoms with van der Waals surface area (Å²) in [6.45, 7) is 4.20. The molecule has 1 fully saturated rings. The highest BCUT2D eigenvalue weighted by Gasteiger charge is 2.19. The number of likely N-dealkylation sites (tertiary alicyclic amines) is 1. The molecule has 1 aliphatic rings. The lowest BCUT2D eigenvalue weighted by Crippen LogP contribution is -2.31. The average molecular weight is 276 g/mol. The van der Waals surface area contributed by atoms with E-state index < -0.39 is 0 Å². The summed E-state index contributed by atoms with van der Waals surface area (Å²) in [5.74, 6) is 1.10. The number of unbranched alkanes of at least 4 members (excludes halogenated alkanes) is 2. The highest BCUT2D eigenvalue weighted by Crippen LogP contribution is 2.17. The molecule has 88 valence electrons. The van der Waals surface area contributed by atoms with E-state index in [1.165, 1.54) is 19.3 Å². The minimum absolute atomic E-state index is 0.373. The van der Waals surface area contributed by atoms with Gasteiger partial charge in [-0.2, -0.15) is 0 Å². The van der Waals surface area contributed by atoms with Gasteiger partial charge in [0, 0.05) is 24.8 Å².